The molecule has 1 aromatic rings. The van der Waals surface area contributed by atoms with Crippen LogP contribution in [0.4, 0.5) is 5.69 Å². The highest BCUT2D eigenvalue weighted by atomic mass is 79.9. The van der Waals surface area contributed by atoms with Crippen LogP contribution in [0.25, 0.3) is 0 Å². The number of hydrogen-bond donors (Lipinski definition) is 0. The fourth-order valence-corrected chi connectivity index (χ4v) is 2.49. The third-order valence-corrected chi connectivity index (χ3v) is 3.67. The average molecular weight is 289 g/mol. The summed E-state index contributed by atoms with van der Waals surface area (Å²) in [5, 5.41) is 0. The number of carbonyl (C=O) groups excluding carboxylic acids is 1. The zero-order chi connectivity index (χ0) is 10.8. The van der Waals surface area contributed by atoms with Crippen molar-refractivity contribution < 1.29 is 4.79 Å². The molecule has 2 nitrogen and oxygen atoms in total. The Morgan fingerprint density at radius 2 is 2.20 bits per heavy atom. The molecule has 0 N–H and O–H groups in total. The molecule has 80 valence electrons. The van der Waals surface area contributed by atoms with E-state index in [1.54, 1.807) is 4.90 Å². The van der Waals surface area contributed by atoms with E-state index in [2.05, 4.69) is 15.9 Å². The molecule has 1 unspecified atom stereocenters. The van der Waals surface area contributed by atoms with E-state index < -0.39 is 0 Å². The van der Waals surface area contributed by atoms with E-state index in [0.29, 0.717) is 12.3 Å². The Hall–Kier alpha value is -0.540. The van der Waals surface area contributed by atoms with Crippen molar-refractivity contribution in [3.05, 3.63) is 28.7 Å². The first-order chi connectivity index (χ1) is 7.22. The minimum atomic E-state index is 0.160. The molecule has 1 fully saturated rings. The molecule has 1 aliphatic heterocycles. The van der Waals surface area contributed by atoms with Crippen LogP contribution in [0.15, 0.2) is 28.7 Å². The SMILES string of the molecule is O=C1CC(CCl)CN1c1ccccc1Br. The summed E-state index contributed by atoms with van der Waals surface area (Å²) in [7, 11) is 0. The molecule has 4 heteroatoms. The van der Waals surface area contributed by atoms with Gasteiger partial charge in [0.05, 0.1) is 5.69 Å². The van der Waals surface area contributed by atoms with Gasteiger partial charge in [0.25, 0.3) is 0 Å². The molecule has 1 aromatic carbocycles. The molecular formula is C11H11BrClNO. The number of rotatable bonds is 2. The lowest BCUT2D eigenvalue weighted by molar-refractivity contribution is -0.117. The van der Waals surface area contributed by atoms with E-state index >= 15 is 0 Å². The van der Waals surface area contributed by atoms with Crippen molar-refractivity contribution in [3.8, 4) is 0 Å². The highest BCUT2D eigenvalue weighted by Gasteiger charge is 2.30. The molecule has 0 saturated carbocycles. The maximum atomic E-state index is 11.7. The lowest BCUT2D eigenvalue weighted by atomic mass is 10.1. The summed E-state index contributed by atoms with van der Waals surface area (Å²) in [6.45, 7) is 0.727. The lowest BCUT2D eigenvalue weighted by Crippen LogP contribution is -2.24. The minimum absolute atomic E-state index is 0.160. The number of anilines is 1. The van der Waals surface area contributed by atoms with Gasteiger partial charge in [-0.25, -0.2) is 0 Å². The molecule has 1 heterocycles. The summed E-state index contributed by atoms with van der Waals surface area (Å²) in [5.41, 5.74) is 0.940. The monoisotopic (exact) mass is 287 g/mol. The molecule has 0 bridgehead atoms. The summed E-state index contributed by atoms with van der Waals surface area (Å²) in [6.07, 6.45) is 0.560. The van der Waals surface area contributed by atoms with Gasteiger partial charge in [0.15, 0.2) is 0 Å². The van der Waals surface area contributed by atoms with Crippen molar-refractivity contribution >= 4 is 39.1 Å². The van der Waals surface area contributed by atoms with Gasteiger partial charge in [0.2, 0.25) is 5.91 Å². The first-order valence-corrected chi connectivity index (χ1v) is 6.16. The summed E-state index contributed by atoms with van der Waals surface area (Å²) in [4.78, 5) is 13.5. The number of hydrogen-bond acceptors (Lipinski definition) is 1. The van der Waals surface area contributed by atoms with Gasteiger partial charge in [-0.15, -0.1) is 11.6 Å². The zero-order valence-electron chi connectivity index (χ0n) is 8.12. The van der Waals surface area contributed by atoms with Crippen molar-refractivity contribution in [2.24, 2.45) is 5.92 Å². The Morgan fingerprint density at radius 1 is 1.47 bits per heavy atom. The quantitative estimate of drug-likeness (QED) is 0.766. The Bertz CT molecular complexity index is 383. The maximum absolute atomic E-state index is 11.7. The smallest absolute Gasteiger partial charge is 0.227 e. The summed E-state index contributed by atoms with van der Waals surface area (Å²) in [6, 6.07) is 7.75. The molecular weight excluding hydrogens is 277 g/mol. The largest absolute Gasteiger partial charge is 0.311 e. The first kappa shape index (κ1) is 11.0. The van der Waals surface area contributed by atoms with E-state index in [4.69, 9.17) is 11.6 Å². The molecule has 1 aliphatic rings. The van der Waals surface area contributed by atoms with Gasteiger partial charge in [0.1, 0.15) is 0 Å². The first-order valence-electron chi connectivity index (χ1n) is 4.83. The van der Waals surface area contributed by atoms with E-state index in [9.17, 15) is 4.79 Å². The van der Waals surface area contributed by atoms with Gasteiger partial charge in [-0.05, 0) is 34.0 Å². The molecule has 0 radical (unpaired) electrons. The number of halogens is 2. The van der Waals surface area contributed by atoms with Crippen LogP contribution < -0.4 is 4.90 Å². The molecule has 1 saturated heterocycles. The van der Waals surface area contributed by atoms with E-state index in [-0.39, 0.29) is 11.8 Å². The normalized spacial score (nSPS) is 21.1. The molecule has 0 spiro atoms. The summed E-state index contributed by atoms with van der Waals surface area (Å²) < 4.78 is 0.952. The van der Waals surface area contributed by atoms with Gasteiger partial charge >= 0.3 is 0 Å². The minimum Gasteiger partial charge on any atom is -0.311 e. The molecule has 0 aliphatic carbocycles. The Balaban J connectivity index is 2.25. The highest BCUT2D eigenvalue weighted by Crippen LogP contribution is 2.31. The van der Waals surface area contributed by atoms with Crippen LogP contribution in [-0.4, -0.2) is 18.3 Å². The molecule has 1 amide bonds. The van der Waals surface area contributed by atoms with Crippen LogP contribution in [0.2, 0.25) is 0 Å². The number of benzene rings is 1. The second kappa shape index (κ2) is 4.54. The molecule has 1 atom stereocenters. The van der Waals surface area contributed by atoms with E-state index in [1.807, 2.05) is 24.3 Å². The third kappa shape index (κ3) is 2.18. The second-order valence-electron chi connectivity index (χ2n) is 3.68. The van der Waals surface area contributed by atoms with Crippen LogP contribution in [0.3, 0.4) is 0 Å². The standard InChI is InChI=1S/C11H11BrClNO/c12-9-3-1-2-4-10(9)14-7-8(6-13)5-11(14)15/h1-4,8H,5-7H2. The summed E-state index contributed by atoms with van der Waals surface area (Å²) in [5.74, 6) is 0.992. The van der Waals surface area contributed by atoms with Crippen molar-refractivity contribution in [2.75, 3.05) is 17.3 Å². The number of para-hydroxylation sites is 1. The number of amides is 1. The van der Waals surface area contributed by atoms with Gasteiger partial charge in [-0.2, -0.15) is 0 Å². The van der Waals surface area contributed by atoms with Gasteiger partial charge in [-0.3, -0.25) is 4.79 Å². The maximum Gasteiger partial charge on any atom is 0.227 e. The molecule has 15 heavy (non-hydrogen) atoms. The number of alkyl halides is 1. The zero-order valence-corrected chi connectivity index (χ0v) is 10.5. The number of nitrogens with zero attached hydrogens (tertiary/aromatic N) is 1. The average Bonchev–Trinajstić information content (AvgIpc) is 2.60. The Labute approximate surface area is 102 Å². The van der Waals surface area contributed by atoms with Crippen molar-refractivity contribution in [1.29, 1.82) is 0 Å². The van der Waals surface area contributed by atoms with Crippen LogP contribution in [0, 0.1) is 5.92 Å². The molecule has 2 rings (SSSR count). The Kier molecular flexibility index (Phi) is 3.32. The van der Waals surface area contributed by atoms with Crippen LogP contribution in [0.1, 0.15) is 6.42 Å². The van der Waals surface area contributed by atoms with Crippen LogP contribution in [-0.2, 0) is 4.79 Å². The van der Waals surface area contributed by atoms with Crippen molar-refractivity contribution in [1.82, 2.24) is 0 Å². The third-order valence-electron chi connectivity index (χ3n) is 2.57. The van der Waals surface area contributed by atoms with Crippen molar-refractivity contribution in [2.45, 2.75) is 6.42 Å². The van der Waals surface area contributed by atoms with Crippen LogP contribution >= 0.6 is 27.5 Å². The van der Waals surface area contributed by atoms with Gasteiger partial charge in [-0.1, -0.05) is 12.1 Å². The van der Waals surface area contributed by atoms with Crippen molar-refractivity contribution in [3.63, 3.8) is 0 Å². The second-order valence-corrected chi connectivity index (χ2v) is 4.84. The van der Waals surface area contributed by atoms with E-state index in [0.717, 1.165) is 16.7 Å². The van der Waals surface area contributed by atoms with E-state index in [1.165, 1.54) is 0 Å². The predicted molar refractivity (Wildman–Crippen MR) is 65.3 cm³/mol. The topological polar surface area (TPSA) is 20.3 Å². The van der Waals surface area contributed by atoms with Gasteiger partial charge < -0.3 is 4.90 Å². The molecule has 0 aromatic heterocycles. The Morgan fingerprint density at radius 3 is 2.80 bits per heavy atom. The number of carbonyl (C=O) groups is 1. The fraction of sp³-hybridized carbons (Fsp3) is 0.364. The van der Waals surface area contributed by atoms with Gasteiger partial charge in [0, 0.05) is 23.3 Å². The highest BCUT2D eigenvalue weighted by molar-refractivity contribution is 9.10. The van der Waals surface area contributed by atoms with Crippen LogP contribution in [0.5, 0.6) is 0 Å². The summed E-state index contributed by atoms with van der Waals surface area (Å²) >= 11 is 9.22. The predicted octanol–water partition coefficient (Wildman–Crippen LogP) is 3.04. The fourth-order valence-electron chi connectivity index (χ4n) is 1.79. The lowest BCUT2D eigenvalue weighted by Gasteiger charge is -2.17.